The molecule has 126 valence electrons. The molecule has 1 saturated heterocycles. The van der Waals surface area contributed by atoms with Gasteiger partial charge in [0.05, 0.1) is 0 Å². The van der Waals surface area contributed by atoms with Crippen LogP contribution in [0.1, 0.15) is 44.1 Å². The van der Waals surface area contributed by atoms with Crippen molar-refractivity contribution in [3.8, 4) is 0 Å². The third kappa shape index (κ3) is 4.40. The van der Waals surface area contributed by atoms with Gasteiger partial charge in [-0.3, -0.25) is 9.69 Å². The van der Waals surface area contributed by atoms with E-state index in [1.54, 1.807) is 0 Å². The minimum absolute atomic E-state index is 0.161. The van der Waals surface area contributed by atoms with E-state index in [0.717, 1.165) is 60.9 Å². The van der Waals surface area contributed by atoms with Crippen molar-refractivity contribution in [1.29, 1.82) is 0 Å². The minimum atomic E-state index is 0.161. The number of amides is 1. The molecule has 2 aliphatic rings. The molecule has 1 aliphatic carbocycles. The van der Waals surface area contributed by atoms with Gasteiger partial charge in [0.25, 0.3) is 0 Å². The highest BCUT2D eigenvalue weighted by Gasteiger charge is 2.27. The predicted octanol–water partition coefficient (Wildman–Crippen LogP) is 4.26. The molecular formula is C18H24Cl2N2O. The van der Waals surface area contributed by atoms with Crippen LogP contribution >= 0.6 is 23.2 Å². The Morgan fingerprint density at radius 1 is 1.09 bits per heavy atom. The number of carbonyl (C=O) groups is 1. The first kappa shape index (κ1) is 17.1. The van der Waals surface area contributed by atoms with Crippen molar-refractivity contribution in [2.75, 3.05) is 13.1 Å². The maximum atomic E-state index is 12.4. The fraction of sp³-hybridized carbons (Fsp3) is 0.611. The second-order valence-electron chi connectivity index (χ2n) is 6.74. The Labute approximate surface area is 148 Å². The Balaban J connectivity index is 1.49. The summed E-state index contributed by atoms with van der Waals surface area (Å²) >= 11 is 12.5. The average molecular weight is 355 g/mol. The fourth-order valence-electron chi connectivity index (χ4n) is 3.65. The van der Waals surface area contributed by atoms with Crippen LogP contribution in [0.2, 0.25) is 10.0 Å². The highest BCUT2D eigenvalue weighted by Crippen LogP contribution is 2.28. The number of piperidine rings is 1. The quantitative estimate of drug-likeness (QED) is 0.875. The van der Waals surface area contributed by atoms with Crippen molar-refractivity contribution in [3.05, 3.63) is 33.8 Å². The number of likely N-dealkylation sites (tertiary alicyclic amines) is 1. The topological polar surface area (TPSA) is 32.3 Å². The van der Waals surface area contributed by atoms with Gasteiger partial charge in [0, 0.05) is 34.1 Å². The highest BCUT2D eigenvalue weighted by atomic mass is 35.5. The molecule has 1 amide bonds. The monoisotopic (exact) mass is 354 g/mol. The number of benzene rings is 1. The molecule has 1 aromatic carbocycles. The normalized spacial score (nSPS) is 20.8. The van der Waals surface area contributed by atoms with Crippen LogP contribution < -0.4 is 5.32 Å². The van der Waals surface area contributed by atoms with Crippen LogP contribution in [0, 0.1) is 5.92 Å². The molecule has 0 unspecified atom stereocenters. The predicted molar refractivity (Wildman–Crippen MR) is 94.9 cm³/mol. The lowest BCUT2D eigenvalue weighted by Gasteiger charge is -2.32. The van der Waals surface area contributed by atoms with Gasteiger partial charge in [-0.1, -0.05) is 42.1 Å². The molecule has 2 fully saturated rings. The molecule has 1 heterocycles. The lowest BCUT2D eigenvalue weighted by Crippen LogP contribution is -2.43. The van der Waals surface area contributed by atoms with Crippen molar-refractivity contribution in [2.24, 2.45) is 5.92 Å². The Morgan fingerprint density at radius 2 is 1.70 bits per heavy atom. The summed E-state index contributed by atoms with van der Waals surface area (Å²) in [6, 6.07) is 6.05. The van der Waals surface area contributed by atoms with Crippen LogP contribution in [-0.4, -0.2) is 29.9 Å². The van der Waals surface area contributed by atoms with E-state index in [1.807, 2.05) is 18.2 Å². The molecule has 3 rings (SSSR count). The SMILES string of the molecule is O=C(NC1CCCC1)C1CCN(Cc2c(Cl)cccc2Cl)CC1. The summed E-state index contributed by atoms with van der Waals surface area (Å²) in [5.74, 6) is 0.417. The second-order valence-corrected chi connectivity index (χ2v) is 7.56. The lowest BCUT2D eigenvalue weighted by atomic mass is 9.95. The van der Waals surface area contributed by atoms with Gasteiger partial charge in [-0.05, 0) is 50.9 Å². The molecule has 23 heavy (non-hydrogen) atoms. The van der Waals surface area contributed by atoms with Crippen LogP contribution in [0.15, 0.2) is 18.2 Å². The zero-order chi connectivity index (χ0) is 16.2. The summed E-state index contributed by atoms with van der Waals surface area (Å²) in [5, 5.41) is 4.67. The number of hydrogen-bond donors (Lipinski definition) is 1. The molecule has 0 bridgehead atoms. The van der Waals surface area contributed by atoms with E-state index >= 15 is 0 Å². The first-order chi connectivity index (χ1) is 11.1. The summed E-state index contributed by atoms with van der Waals surface area (Å²) in [5.41, 5.74) is 0.990. The smallest absolute Gasteiger partial charge is 0.223 e. The molecule has 1 aromatic rings. The molecule has 5 heteroatoms. The Morgan fingerprint density at radius 3 is 2.30 bits per heavy atom. The van der Waals surface area contributed by atoms with Gasteiger partial charge >= 0.3 is 0 Å². The maximum absolute atomic E-state index is 12.4. The van der Waals surface area contributed by atoms with Gasteiger partial charge in [-0.25, -0.2) is 0 Å². The van der Waals surface area contributed by atoms with Crippen LogP contribution in [0.25, 0.3) is 0 Å². The molecular weight excluding hydrogens is 331 g/mol. The fourth-order valence-corrected chi connectivity index (χ4v) is 4.17. The van der Waals surface area contributed by atoms with Crippen molar-refractivity contribution in [1.82, 2.24) is 10.2 Å². The zero-order valence-electron chi connectivity index (χ0n) is 13.4. The number of nitrogens with one attached hydrogen (secondary N) is 1. The van der Waals surface area contributed by atoms with E-state index in [9.17, 15) is 4.79 Å². The number of hydrogen-bond acceptors (Lipinski definition) is 2. The summed E-state index contributed by atoms with van der Waals surface area (Å²) < 4.78 is 0. The molecule has 1 aliphatic heterocycles. The summed E-state index contributed by atoms with van der Waals surface area (Å²) in [7, 11) is 0. The standard InChI is InChI=1S/C18H24Cl2N2O/c19-16-6-3-7-17(20)15(16)12-22-10-8-13(9-11-22)18(23)21-14-4-1-2-5-14/h3,6-7,13-14H,1-2,4-5,8-12H2,(H,21,23). The summed E-state index contributed by atoms with van der Waals surface area (Å²) in [6.45, 7) is 2.60. The average Bonchev–Trinajstić information content (AvgIpc) is 3.04. The first-order valence-corrected chi connectivity index (χ1v) is 9.34. The van der Waals surface area contributed by atoms with Gasteiger partial charge < -0.3 is 5.32 Å². The molecule has 0 aromatic heterocycles. The largest absolute Gasteiger partial charge is 0.353 e. The number of rotatable bonds is 4. The minimum Gasteiger partial charge on any atom is -0.353 e. The zero-order valence-corrected chi connectivity index (χ0v) is 14.9. The lowest BCUT2D eigenvalue weighted by molar-refractivity contribution is -0.127. The maximum Gasteiger partial charge on any atom is 0.223 e. The van der Waals surface area contributed by atoms with E-state index < -0.39 is 0 Å². The second kappa shape index (κ2) is 7.87. The summed E-state index contributed by atoms with van der Waals surface area (Å²) in [6.07, 6.45) is 6.64. The third-order valence-corrected chi connectivity index (χ3v) is 5.81. The van der Waals surface area contributed by atoms with Gasteiger partial charge in [-0.2, -0.15) is 0 Å². The van der Waals surface area contributed by atoms with Crippen molar-refractivity contribution in [2.45, 2.75) is 51.1 Å². The Kier molecular flexibility index (Phi) is 5.84. The van der Waals surface area contributed by atoms with Crippen LogP contribution in [0.3, 0.4) is 0 Å². The molecule has 3 nitrogen and oxygen atoms in total. The number of nitrogens with zero attached hydrogens (tertiary/aromatic N) is 1. The third-order valence-electron chi connectivity index (χ3n) is 5.10. The molecule has 1 N–H and O–H groups in total. The van der Waals surface area contributed by atoms with Gasteiger partial charge in [0.2, 0.25) is 5.91 Å². The molecule has 0 spiro atoms. The van der Waals surface area contributed by atoms with Crippen molar-refractivity contribution >= 4 is 29.1 Å². The van der Waals surface area contributed by atoms with Crippen LogP contribution in [-0.2, 0) is 11.3 Å². The first-order valence-electron chi connectivity index (χ1n) is 8.59. The molecule has 0 atom stereocenters. The van der Waals surface area contributed by atoms with Gasteiger partial charge in [0.15, 0.2) is 0 Å². The number of halogens is 2. The van der Waals surface area contributed by atoms with Gasteiger partial charge in [0.1, 0.15) is 0 Å². The number of carbonyl (C=O) groups excluding carboxylic acids is 1. The van der Waals surface area contributed by atoms with Crippen LogP contribution in [0.5, 0.6) is 0 Å². The molecule has 1 saturated carbocycles. The van der Waals surface area contributed by atoms with Gasteiger partial charge in [-0.15, -0.1) is 0 Å². The van der Waals surface area contributed by atoms with E-state index in [1.165, 1.54) is 12.8 Å². The van der Waals surface area contributed by atoms with Crippen molar-refractivity contribution < 1.29 is 4.79 Å². The van der Waals surface area contributed by atoms with Crippen molar-refractivity contribution in [3.63, 3.8) is 0 Å². The van der Waals surface area contributed by atoms with E-state index in [2.05, 4.69) is 10.2 Å². The Bertz CT molecular complexity index is 530. The highest BCUT2D eigenvalue weighted by molar-refractivity contribution is 6.35. The van der Waals surface area contributed by atoms with E-state index in [4.69, 9.17) is 23.2 Å². The summed E-state index contributed by atoms with van der Waals surface area (Å²) in [4.78, 5) is 14.7. The van der Waals surface area contributed by atoms with E-state index in [0.29, 0.717) is 6.04 Å². The Hall–Kier alpha value is -0.770. The van der Waals surface area contributed by atoms with E-state index in [-0.39, 0.29) is 11.8 Å². The van der Waals surface area contributed by atoms with Crippen LogP contribution in [0.4, 0.5) is 0 Å². The molecule has 0 radical (unpaired) electrons.